The Labute approximate surface area is 124 Å². The first kappa shape index (κ1) is 14.4. The van der Waals surface area contributed by atoms with Crippen LogP contribution in [0, 0.1) is 6.92 Å². The summed E-state index contributed by atoms with van der Waals surface area (Å²) in [4.78, 5) is 6.98. The molecule has 1 N–H and O–H groups in total. The first-order valence-corrected chi connectivity index (χ1v) is 6.64. The predicted octanol–water partition coefficient (Wildman–Crippen LogP) is 3.03. The zero-order valence-corrected chi connectivity index (χ0v) is 12.4. The molecule has 1 aromatic heterocycles. The molecule has 19 heavy (non-hydrogen) atoms. The molecule has 0 radical (unpaired) electrons. The van der Waals surface area contributed by atoms with Gasteiger partial charge in [0.15, 0.2) is 0 Å². The highest BCUT2D eigenvalue weighted by Gasteiger charge is 2.14. The van der Waals surface area contributed by atoms with Gasteiger partial charge in [-0.05, 0) is 31.2 Å². The number of nitrogens with zero attached hydrogens (tertiary/aromatic N) is 2. The van der Waals surface area contributed by atoms with Crippen LogP contribution in [0.25, 0.3) is 10.9 Å². The third kappa shape index (κ3) is 2.94. The number of benzene rings is 1. The van der Waals surface area contributed by atoms with Crippen LogP contribution in [0.2, 0.25) is 5.02 Å². The summed E-state index contributed by atoms with van der Waals surface area (Å²) >= 11 is 6.11. The summed E-state index contributed by atoms with van der Waals surface area (Å²) < 4.78 is 0. The molecule has 102 valence electrons. The zero-order valence-electron chi connectivity index (χ0n) is 10.8. The van der Waals surface area contributed by atoms with Gasteiger partial charge in [0.05, 0.1) is 5.52 Å². The number of aromatic nitrogens is 1. The Balaban J connectivity index is 0.00000133. The fourth-order valence-electron chi connectivity index (χ4n) is 2.48. The number of nitrogens with one attached hydrogen (secondary N) is 1. The van der Waals surface area contributed by atoms with E-state index >= 15 is 0 Å². The number of piperazine rings is 1. The molecule has 2 heterocycles. The molecule has 0 spiro atoms. The van der Waals surface area contributed by atoms with Crippen molar-refractivity contribution in [2.45, 2.75) is 6.92 Å². The van der Waals surface area contributed by atoms with Gasteiger partial charge in [0.1, 0.15) is 0 Å². The van der Waals surface area contributed by atoms with E-state index in [1.165, 1.54) is 5.69 Å². The molecule has 0 unspecified atom stereocenters. The minimum atomic E-state index is 0. The maximum Gasteiger partial charge on any atom is 0.0727 e. The number of hydrogen-bond acceptors (Lipinski definition) is 3. The molecule has 0 saturated carbocycles. The maximum atomic E-state index is 6.11. The predicted molar refractivity (Wildman–Crippen MR) is 83.8 cm³/mol. The van der Waals surface area contributed by atoms with Crippen LogP contribution in [-0.4, -0.2) is 31.2 Å². The highest BCUT2D eigenvalue weighted by Crippen LogP contribution is 2.29. The van der Waals surface area contributed by atoms with Crippen molar-refractivity contribution in [2.24, 2.45) is 0 Å². The summed E-state index contributed by atoms with van der Waals surface area (Å²) in [6.45, 7) is 6.17. The minimum Gasteiger partial charge on any atom is -0.368 e. The average Bonchev–Trinajstić information content (AvgIpc) is 2.39. The molecule has 2 aromatic rings. The van der Waals surface area contributed by atoms with E-state index < -0.39 is 0 Å². The standard InChI is InChI=1S/C14H16ClN3.ClH/c1-10-8-14(18-6-4-16-5-7-18)12-9-11(15)2-3-13(12)17-10;/h2-3,8-9,16H,4-7H2,1H3;1H. The summed E-state index contributed by atoms with van der Waals surface area (Å²) in [5.74, 6) is 0. The van der Waals surface area contributed by atoms with Gasteiger partial charge in [-0.15, -0.1) is 12.4 Å². The Bertz CT molecular complexity index is 580. The van der Waals surface area contributed by atoms with Crippen molar-refractivity contribution in [3.05, 3.63) is 35.0 Å². The van der Waals surface area contributed by atoms with Crippen LogP contribution < -0.4 is 10.2 Å². The van der Waals surface area contributed by atoms with Gasteiger partial charge in [-0.2, -0.15) is 0 Å². The number of anilines is 1. The van der Waals surface area contributed by atoms with Crippen LogP contribution in [0.1, 0.15) is 5.69 Å². The molecule has 0 amide bonds. The van der Waals surface area contributed by atoms with Gasteiger partial charge < -0.3 is 10.2 Å². The Hall–Kier alpha value is -1.03. The van der Waals surface area contributed by atoms with E-state index in [-0.39, 0.29) is 12.4 Å². The molecule has 0 aliphatic carbocycles. The first-order valence-electron chi connectivity index (χ1n) is 6.26. The lowest BCUT2D eigenvalue weighted by Crippen LogP contribution is -2.43. The Morgan fingerprint density at radius 1 is 1.21 bits per heavy atom. The second-order valence-electron chi connectivity index (χ2n) is 4.68. The van der Waals surface area contributed by atoms with Gasteiger partial charge in [0.25, 0.3) is 0 Å². The lowest BCUT2D eigenvalue weighted by molar-refractivity contribution is 0.590. The summed E-state index contributed by atoms with van der Waals surface area (Å²) in [6, 6.07) is 8.07. The number of fused-ring (bicyclic) bond motifs is 1. The van der Waals surface area contributed by atoms with Gasteiger partial charge in [0, 0.05) is 48.0 Å². The molecule has 5 heteroatoms. The van der Waals surface area contributed by atoms with Gasteiger partial charge in [-0.25, -0.2) is 0 Å². The number of pyridine rings is 1. The second-order valence-corrected chi connectivity index (χ2v) is 5.12. The van der Waals surface area contributed by atoms with Crippen molar-refractivity contribution in [3.63, 3.8) is 0 Å². The van der Waals surface area contributed by atoms with Crippen LogP contribution in [0.15, 0.2) is 24.3 Å². The van der Waals surface area contributed by atoms with Crippen molar-refractivity contribution in [1.29, 1.82) is 0 Å². The molecule has 1 aromatic carbocycles. The SMILES string of the molecule is Cc1cc(N2CCNCC2)c2cc(Cl)ccc2n1.Cl. The van der Waals surface area contributed by atoms with Crippen molar-refractivity contribution in [3.8, 4) is 0 Å². The summed E-state index contributed by atoms with van der Waals surface area (Å²) in [5, 5.41) is 5.29. The average molecular weight is 298 g/mol. The lowest BCUT2D eigenvalue weighted by atomic mass is 10.1. The van der Waals surface area contributed by atoms with Gasteiger partial charge in [0.2, 0.25) is 0 Å². The van der Waals surface area contributed by atoms with E-state index in [9.17, 15) is 0 Å². The molecular formula is C14H17Cl2N3. The van der Waals surface area contributed by atoms with Gasteiger partial charge in [-0.3, -0.25) is 4.98 Å². The molecule has 1 saturated heterocycles. The monoisotopic (exact) mass is 297 g/mol. The van der Waals surface area contributed by atoms with E-state index in [2.05, 4.69) is 21.3 Å². The van der Waals surface area contributed by atoms with E-state index in [4.69, 9.17) is 11.6 Å². The molecule has 1 aliphatic rings. The van der Waals surface area contributed by atoms with E-state index in [1.54, 1.807) is 0 Å². The first-order chi connectivity index (χ1) is 8.74. The maximum absolute atomic E-state index is 6.11. The normalized spacial score (nSPS) is 15.4. The minimum absolute atomic E-state index is 0. The Morgan fingerprint density at radius 3 is 2.68 bits per heavy atom. The van der Waals surface area contributed by atoms with Gasteiger partial charge in [-0.1, -0.05) is 11.6 Å². The van der Waals surface area contributed by atoms with Crippen molar-refractivity contribution < 1.29 is 0 Å². The molecule has 0 bridgehead atoms. The van der Waals surface area contributed by atoms with E-state index in [1.807, 2.05) is 25.1 Å². The molecule has 3 nitrogen and oxygen atoms in total. The van der Waals surface area contributed by atoms with Crippen LogP contribution in [0.4, 0.5) is 5.69 Å². The number of hydrogen-bond donors (Lipinski definition) is 1. The van der Waals surface area contributed by atoms with E-state index in [0.717, 1.165) is 47.8 Å². The van der Waals surface area contributed by atoms with E-state index in [0.29, 0.717) is 0 Å². The number of aryl methyl sites for hydroxylation is 1. The van der Waals surface area contributed by atoms with Crippen LogP contribution in [0.5, 0.6) is 0 Å². The van der Waals surface area contributed by atoms with Crippen molar-refractivity contribution in [2.75, 3.05) is 31.1 Å². The summed E-state index contributed by atoms with van der Waals surface area (Å²) in [5.41, 5.74) is 3.33. The quantitative estimate of drug-likeness (QED) is 0.877. The third-order valence-corrected chi connectivity index (χ3v) is 3.57. The molecule has 3 rings (SSSR count). The fourth-order valence-corrected chi connectivity index (χ4v) is 2.65. The number of halogens is 2. The summed E-state index contributed by atoms with van der Waals surface area (Å²) in [7, 11) is 0. The largest absolute Gasteiger partial charge is 0.368 e. The van der Waals surface area contributed by atoms with Crippen molar-refractivity contribution in [1.82, 2.24) is 10.3 Å². The van der Waals surface area contributed by atoms with Crippen molar-refractivity contribution >= 4 is 40.6 Å². The zero-order chi connectivity index (χ0) is 12.5. The lowest BCUT2D eigenvalue weighted by Gasteiger charge is -2.30. The summed E-state index contributed by atoms with van der Waals surface area (Å²) in [6.07, 6.45) is 0. The second kappa shape index (κ2) is 5.95. The Kier molecular flexibility index (Phi) is 4.50. The third-order valence-electron chi connectivity index (χ3n) is 3.33. The Morgan fingerprint density at radius 2 is 1.95 bits per heavy atom. The molecule has 1 fully saturated rings. The highest BCUT2D eigenvalue weighted by molar-refractivity contribution is 6.31. The van der Waals surface area contributed by atoms with Gasteiger partial charge >= 0.3 is 0 Å². The van der Waals surface area contributed by atoms with Crippen LogP contribution >= 0.6 is 24.0 Å². The molecule has 0 atom stereocenters. The smallest absolute Gasteiger partial charge is 0.0727 e. The van der Waals surface area contributed by atoms with Crippen LogP contribution in [-0.2, 0) is 0 Å². The van der Waals surface area contributed by atoms with Crippen LogP contribution in [0.3, 0.4) is 0 Å². The molecular weight excluding hydrogens is 281 g/mol. The highest BCUT2D eigenvalue weighted by atomic mass is 35.5. The topological polar surface area (TPSA) is 28.2 Å². The number of rotatable bonds is 1. The fraction of sp³-hybridized carbons (Fsp3) is 0.357. The molecule has 1 aliphatic heterocycles.